The molecule has 1 atom stereocenters. The van der Waals surface area contributed by atoms with E-state index in [4.69, 9.17) is 9.15 Å². The molecule has 0 unspecified atom stereocenters. The van der Waals surface area contributed by atoms with Crippen molar-refractivity contribution in [1.82, 2.24) is 9.62 Å². The van der Waals surface area contributed by atoms with E-state index in [1.165, 1.54) is 16.6 Å². The first-order chi connectivity index (χ1) is 18.2. The van der Waals surface area contributed by atoms with Crippen molar-refractivity contribution in [2.45, 2.75) is 58.7 Å². The Kier molecular flexibility index (Phi) is 9.20. The lowest BCUT2D eigenvalue weighted by Gasteiger charge is -2.22. The molecule has 0 bridgehead atoms. The summed E-state index contributed by atoms with van der Waals surface area (Å²) in [7, 11) is -8.52. The molecular weight excluding hydrogens is 568 g/mol. The van der Waals surface area contributed by atoms with Gasteiger partial charge in [-0.2, -0.15) is 12.7 Å². The Morgan fingerprint density at radius 2 is 1.87 bits per heavy atom. The van der Waals surface area contributed by atoms with Crippen molar-refractivity contribution in [1.29, 1.82) is 0 Å². The highest BCUT2D eigenvalue weighted by molar-refractivity contribution is 7.95. The minimum atomic E-state index is -4.51. The Bertz CT molecular complexity index is 1490. The summed E-state index contributed by atoms with van der Waals surface area (Å²) in [6.45, 7) is 12.6. The Morgan fingerprint density at radius 3 is 2.38 bits per heavy atom. The van der Waals surface area contributed by atoms with E-state index in [9.17, 15) is 26.7 Å². The average Bonchev–Trinajstić information content (AvgIpc) is 3.45. The predicted molar refractivity (Wildman–Crippen MR) is 149 cm³/mol. The van der Waals surface area contributed by atoms with Crippen LogP contribution in [0.5, 0.6) is 5.75 Å². The monoisotopic (exact) mass is 602 g/mol. The molecule has 3 heterocycles. The molecule has 1 aliphatic rings. The van der Waals surface area contributed by atoms with E-state index in [-0.39, 0.29) is 47.0 Å². The number of hydrogen-bond acceptors (Lipinski definition) is 11. The first kappa shape index (κ1) is 30.7. The molecule has 0 fully saturated rings. The number of anilines is 1. The van der Waals surface area contributed by atoms with Crippen LogP contribution in [0, 0.1) is 19.8 Å². The standard InChI is InChI=1S/C24H34N4O8S3/c1-8-28(9-2)39(33,34)24-20(29)16(12-37-24)25-19-21(23(30)35-10-3)38(31,32)27-22(19)26-18(13(4)5)17-11-14(6)15(7)36-17/h11-13,18,25,29H,8-10H2,1-7H3,(H,26,27)/t18-/m1/s1. The van der Waals surface area contributed by atoms with Crippen molar-refractivity contribution >= 4 is 48.9 Å². The Balaban J connectivity index is 2.12. The molecule has 3 N–H and O–H groups in total. The van der Waals surface area contributed by atoms with E-state index in [1.807, 2.05) is 33.8 Å². The van der Waals surface area contributed by atoms with Crippen molar-refractivity contribution in [3.63, 3.8) is 0 Å². The van der Waals surface area contributed by atoms with Crippen LogP contribution in [0.4, 0.5) is 5.69 Å². The van der Waals surface area contributed by atoms with Crippen LogP contribution in [0.2, 0.25) is 0 Å². The zero-order valence-corrected chi connectivity index (χ0v) is 25.3. The lowest BCUT2D eigenvalue weighted by molar-refractivity contribution is -0.137. The fourth-order valence-electron chi connectivity index (χ4n) is 3.96. The topological polar surface area (TPSA) is 168 Å². The van der Waals surface area contributed by atoms with Crippen molar-refractivity contribution in [3.8, 4) is 5.75 Å². The van der Waals surface area contributed by atoms with E-state index in [0.717, 1.165) is 16.9 Å². The first-order valence-corrected chi connectivity index (χ1v) is 16.1. The van der Waals surface area contributed by atoms with Gasteiger partial charge in [-0.25, -0.2) is 13.2 Å². The molecule has 216 valence electrons. The number of sulfonamides is 2. The SMILES string of the molecule is CCOC(=O)C1=C(Nc2csc(S(=O)(=O)N(CC)CC)c2O)C(N[C@@H](c2cc(C)c(C)o2)C(C)C)=NS1(=O)=O. The fourth-order valence-corrected chi connectivity index (χ4v) is 7.94. The van der Waals surface area contributed by atoms with Gasteiger partial charge in [-0.1, -0.05) is 27.7 Å². The van der Waals surface area contributed by atoms with Crippen molar-refractivity contribution < 1.29 is 35.9 Å². The molecule has 0 saturated heterocycles. The lowest BCUT2D eigenvalue weighted by atomic mass is 10.0. The maximum absolute atomic E-state index is 13.0. The van der Waals surface area contributed by atoms with Gasteiger partial charge in [0.2, 0.25) is 4.91 Å². The van der Waals surface area contributed by atoms with Gasteiger partial charge in [-0.15, -0.1) is 15.7 Å². The second-order valence-electron chi connectivity index (χ2n) is 9.09. The van der Waals surface area contributed by atoms with Crippen LogP contribution in [0.1, 0.15) is 57.7 Å². The van der Waals surface area contributed by atoms with Gasteiger partial charge in [-0.3, -0.25) is 0 Å². The van der Waals surface area contributed by atoms with Crippen LogP contribution < -0.4 is 10.6 Å². The number of amidine groups is 1. The third kappa shape index (κ3) is 6.00. The van der Waals surface area contributed by atoms with Gasteiger partial charge in [-0.05, 0) is 38.3 Å². The molecule has 15 heteroatoms. The normalized spacial score (nSPS) is 16.1. The minimum Gasteiger partial charge on any atom is -0.504 e. The van der Waals surface area contributed by atoms with Gasteiger partial charge >= 0.3 is 5.97 Å². The molecule has 39 heavy (non-hydrogen) atoms. The van der Waals surface area contributed by atoms with E-state index in [0.29, 0.717) is 11.5 Å². The average molecular weight is 603 g/mol. The summed E-state index contributed by atoms with van der Waals surface area (Å²) in [6.07, 6.45) is 0. The number of hydrogen-bond donors (Lipinski definition) is 3. The highest BCUT2D eigenvalue weighted by Gasteiger charge is 2.41. The number of esters is 1. The van der Waals surface area contributed by atoms with Crippen molar-refractivity contribution in [2.75, 3.05) is 25.0 Å². The molecule has 0 radical (unpaired) electrons. The summed E-state index contributed by atoms with van der Waals surface area (Å²) in [6, 6.07) is 1.29. The molecule has 0 spiro atoms. The van der Waals surface area contributed by atoms with Gasteiger partial charge in [0, 0.05) is 18.5 Å². The molecule has 3 rings (SSSR count). The molecule has 1 aliphatic heterocycles. The smallest absolute Gasteiger partial charge is 0.354 e. The number of rotatable bonds is 11. The lowest BCUT2D eigenvalue weighted by Crippen LogP contribution is -2.34. The predicted octanol–water partition coefficient (Wildman–Crippen LogP) is 3.61. The van der Waals surface area contributed by atoms with Gasteiger partial charge in [0.05, 0.1) is 18.3 Å². The van der Waals surface area contributed by atoms with Crippen LogP contribution in [0.15, 0.2) is 35.1 Å². The van der Waals surface area contributed by atoms with Crippen molar-refractivity contribution in [2.24, 2.45) is 10.3 Å². The van der Waals surface area contributed by atoms with Gasteiger partial charge < -0.3 is 24.9 Å². The van der Waals surface area contributed by atoms with Crippen LogP contribution in [0.25, 0.3) is 0 Å². The number of nitrogens with zero attached hydrogens (tertiary/aromatic N) is 2. The molecular formula is C24H34N4O8S3. The minimum absolute atomic E-state index is 0.0938. The maximum Gasteiger partial charge on any atom is 0.354 e. The molecule has 12 nitrogen and oxygen atoms in total. The summed E-state index contributed by atoms with van der Waals surface area (Å²) < 4.78 is 67.6. The summed E-state index contributed by atoms with van der Waals surface area (Å²) in [5, 5.41) is 18.0. The highest BCUT2D eigenvalue weighted by Crippen LogP contribution is 2.41. The molecule has 2 aromatic rings. The van der Waals surface area contributed by atoms with E-state index >= 15 is 0 Å². The highest BCUT2D eigenvalue weighted by atomic mass is 32.2. The Morgan fingerprint density at radius 1 is 1.23 bits per heavy atom. The van der Waals surface area contributed by atoms with E-state index < -0.39 is 42.7 Å². The second-order valence-corrected chi connectivity index (χ2v) is 13.6. The zero-order valence-electron chi connectivity index (χ0n) is 22.9. The van der Waals surface area contributed by atoms with E-state index in [2.05, 4.69) is 15.0 Å². The van der Waals surface area contributed by atoms with Crippen LogP contribution in [-0.2, 0) is 29.6 Å². The van der Waals surface area contributed by atoms with Crippen LogP contribution in [0.3, 0.4) is 0 Å². The quantitative estimate of drug-likeness (QED) is 0.323. The number of nitrogens with one attached hydrogen (secondary N) is 2. The van der Waals surface area contributed by atoms with Gasteiger partial charge in [0.25, 0.3) is 20.0 Å². The number of carbonyl (C=O) groups excluding carboxylic acids is 1. The third-order valence-electron chi connectivity index (χ3n) is 6.12. The Labute approximate surface area is 232 Å². The largest absolute Gasteiger partial charge is 0.504 e. The zero-order chi connectivity index (χ0) is 29.3. The van der Waals surface area contributed by atoms with Crippen LogP contribution >= 0.6 is 11.3 Å². The Hall–Kier alpha value is -2.88. The van der Waals surface area contributed by atoms with Gasteiger partial charge in [0.1, 0.15) is 17.2 Å². The van der Waals surface area contributed by atoms with E-state index in [1.54, 1.807) is 13.8 Å². The number of furan rings is 1. The summed E-state index contributed by atoms with van der Waals surface area (Å²) in [5.74, 6) is -0.823. The number of carbonyl (C=O) groups is 1. The first-order valence-electron chi connectivity index (χ1n) is 12.4. The third-order valence-corrected chi connectivity index (χ3v) is 11.0. The summed E-state index contributed by atoms with van der Waals surface area (Å²) >= 11 is 0.761. The molecule has 0 aromatic carbocycles. The maximum atomic E-state index is 13.0. The molecule has 0 amide bonds. The summed E-state index contributed by atoms with van der Waals surface area (Å²) in [4.78, 5) is 12.0. The number of aromatic hydroxyl groups is 1. The fraction of sp³-hybridized carbons (Fsp3) is 0.500. The van der Waals surface area contributed by atoms with Gasteiger partial charge in [0.15, 0.2) is 15.8 Å². The number of thiophene rings is 1. The number of aryl methyl sites for hydroxylation is 2. The van der Waals surface area contributed by atoms with Crippen LogP contribution in [-0.4, -0.2) is 57.7 Å². The molecule has 2 aromatic heterocycles. The molecule has 0 aliphatic carbocycles. The molecule has 0 saturated carbocycles. The summed E-state index contributed by atoms with van der Waals surface area (Å²) in [5.41, 5.74) is 0.517. The second kappa shape index (κ2) is 11.7. The number of ether oxygens (including phenoxy) is 1. The van der Waals surface area contributed by atoms with Crippen molar-refractivity contribution in [3.05, 3.63) is 39.1 Å².